The molecule has 0 bridgehead atoms. The molecule has 8 heteroatoms. The summed E-state index contributed by atoms with van der Waals surface area (Å²) in [5.74, 6) is 0.398. The van der Waals surface area contributed by atoms with Crippen LogP contribution in [0, 0.1) is 0 Å². The van der Waals surface area contributed by atoms with Gasteiger partial charge in [-0.1, -0.05) is 17.7 Å². The predicted octanol–water partition coefficient (Wildman–Crippen LogP) is 1.64. The third-order valence-electron chi connectivity index (χ3n) is 4.94. The standard InChI is InChI=1S/C20H21ClN4O3/c21-15-7-13(8-16(9-15)25-3-1-22-2-4-25)19-23-17-6-12(10-26)5-14(11-27)18(17)20(28)24-19/h5-9,22,26-27H,1-4,10-11H2,(H,23,24,28). The van der Waals surface area contributed by atoms with Gasteiger partial charge in [0.25, 0.3) is 5.56 Å². The normalized spacial score (nSPS) is 14.6. The summed E-state index contributed by atoms with van der Waals surface area (Å²) in [7, 11) is 0. The Bertz CT molecular complexity index is 1080. The first kappa shape index (κ1) is 18.9. The van der Waals surface area contributed by atoms with Gasteiger partial charge in [0.1, 0.15) is 5.82 Å². The summed E-state index contributed by atoms with van der Waals surface area (Å²) in [5.41, 5.74) is 2.81. The van der Waals surface area contributed by atoms with Crippen molar-refractivity contribution >= 4 is 28.2 Å². The topological polar surface area (TPSA) is 101 Å². The zero-order valence-corrected chi connectivity index (χ0v) is 16.0. The molecule has 1 saturated heterocycles. The average molecular weight is 401 g/mol. The summed E-state index contributed by atoms with van der Waals surface area (Å²) >= 11 is 6.34. The largest absolute Gasteiger partial charge is 0.392 e. The molecule has 3 aromatic rings. The molecule has 2 heterocycles. The summed E-state index contributed by atoms with van der Waals surface area (Å²) in [6, 6.07) is 8.91. The zero-order chi connectivity index (χ0) is 19.7. The van der Waals surface area contributed by atoms with E-state index in [2.05, 4.69) is 20.2 Å². The van der Waals surface area contributed by atoms with Crippen molar-refractivity contribution < 1.29 is 10.2 Å². The maximum atomic E-state index is 12.7. The van der Waals surface area contributed by atoms with Crippen molar-refractivity contribution in [1.29, 1.82) is 0 Å². The lowest BCUT2D eigenvalue weighted by Gasteiger charge is -2.29. The van der Waals surface area contributed by atoms with Crippen molar-refractivity contribution in [3.05, 3.63) is 56.8 Å². The molecular formula is C20H21ClN4O3. The van der Waals surface area contributed by atoms with E-state index in [4.69, 9.17) is 11.6 Å². The summed E-state index contributed by atoms with van der Waals surface area (Å²) in [6.07, 6.45) is 0. The molecule has 0 radical (unpaired) electrons. The number of hydrogen-bond acceptors (Lipinski definition) is 6. The lowest BCUT2D eigenvalue weighted by Crippen LogP contribution is -2.43. The molecule has 1 aliphatic rings. The van der Waals surface area contributed by atoms with Crippen molar-refractivity contribution in [2.45, 2.75) is 13.2 Å². The Morgan fingerprint density at radius 2 is 1.86 bits per heavy atom. The number of aromatic amines is 1. The van der Waals surface area contributed by atoms with Crippen molar-refractivity contribution in [3.63, 3.8) is 0 Å². The van der Waals surface area contributed by atoms with E-state index in [1.165, 1.54) is 0 Å². The molecular weight excluding hydrogens is 380 g/mol. The van der Waals surface area contributed by atoms with Crippen molar-refractivity contribution in [1.82, 2.24) is 15.3 Å². The third kappa shape index (κ3) is 3.62. The Balaban J connectivity index is 1.85. The molecule has 0 spiro atoms. The quantitative estimate of drug-likeness (QED) is 0.531. The number of halogens is 1. The van der Waals surface area contributed by atoms with Crippen LogP contribution in [0.15, 0.2) is 35.1 Å². The minimum absolute atomic E-state index is 0.197. The highest BCUT2D eigenvalue weighted by Crippen LogP contribution is 2.28. The Hall–Kier alpha value is -2.45. The number of fused-ring (bicyclic) bond motifs is 1. The van der Waals surface area contributed by atoms with E-state index < -0.39 is 0 Å². The molecule has 1 aliphatic heterocycles. The molecule has 7 nitrogen and oxygen atoms in total. The van der Waals surface area contributed by atoms with Crippen LogP contribution in [0.3, 0.4) is 0 Å². The number of aromatic nitrogens is 2. The first-order chi connectivity index (χ1) is 13.6. The van der Waals surface area contributed by atoms with Crippen LogP contribution in [0.5, 0.6) is 0 Å². The van der Waals surface area contributed by atoms with Crippen LogP contribution in [0.1, 0.15) is 11.1 Å². The molecule has 28 heavy (non-hydrogen) atoms. The van der Waals surface area contributed by atoms with Gasteiger partial charge in [0.2, 0.25) is 0 Å². The van der Waals surface area contributed by atoms with Crippen LogP contribution in [0.4, 0.5) is 5.69 Å². The lowest BCUT2D eigenvalue weighted by atomic mass is 10.1. The van der Waals surface area contributed by atoms with Gasteiger partial charge in [0.05, 0.1) is 24.1 Å². The van der Waals surface area contributed by atoms with Gasteiger partial charge in [-0.05, 0) is 35.4 Å². The smallest absolute Gasteiger partial charge is 0.259 e. The number of benzene rings is 2. The second-order valence-corrected chi connectivity index (χ2v) is 7.25. The average Bonchev–Trinajstić information content (AvgIpc) is 2.72. The number of hydrogen-bond donors (Lipinski definition) is 4. The van der Waals surface area contributed by atoms with Gasteiger partial charge in [-0.3, -0.25) is 4.79 Å². The fourth-order valence-electron chi connectivity index (χ4n) is 3.59. The third-order valence-corrected chi connectivity index (χ3v) is 5.16. The Morgan fingerprint density at radius 3 is 2.57 bits per heavy atom. The summed E-state index contributed by atoms with van der Waals surface area (Å²) in [5, 5.41) is 23.3. The number of H-pyrrole nitrogens is 1. The van der Waals surface area contributed by atoms with Crippen LogP contribution in [-0.2, 0) is 13.2 Å². The van der Waals surface area contributed by atoms with Gasteiger partial charge in [0.15, 0.2) is 0 Å². The monoisotopic (exact) mass is 400 g/mol. The van der Waals surface area contributed by atoms with E-state index in [1.54, 1.807) is 18.2 Å². The SMILES string of the molecule is O=c1[nH]c(-c2cc(Cl)cc(N3CCNCC3)c2)nc2cc(CO)cc(CO)c12. The van der Waals surface area contributed by atoms with Gasteiger partial charge >= 0.3 is 0 Å². The first-order valence-electron chi connectivity index (χ1n) is 9.13. The van der Waals surface area contributed by atoms with E-state index in [-0.39, 0.29) is 18.8 Å². The van der Waals surface area contributed by atoms with Crippen LogP contribution in [0.25, 0.3) is 22.3 Å². The zero-order valence-electron chi connectivity index (χ0n) is 15.2. The fraction of sp³-hybridized carbons (Fsp3) is 0.300. The Morgan fingerprint density at radius 1 is 1.07 bits per heavy atom. The summed E-state index contributed by atoms with van der Waals surface area (Å²) < 4.78 is 0. The van der Waals surface area contributed by atoms with Crippen molar-refractivity contribution in [3.8, 4) is 11.4 Å². The second kappa shape index (κ2) is 7.89. The molecule has 4 N–H and O–H groups in total. The molecule has 0 amide bonds. The molecule has 1 fully saturated rings. The van der Waals surface area contributed by atoms with Gasteiger partial charge in [-0.15, -0.1) is 0 Å². The highest BCUT2D eigenvalue weighted by atomic mass is 35.5. The van der Waals surface area contributed by atoms with E-state index in [0.717, 1.165) is 31.9 Å². The van der Waals surface area contributed by atoms with Crippen LogP contribution in [-0.4, -0.2) is 46.4 Å². The van der Waals surface area contributed by atoms with E-state index >= 15 is 0 Å². The lowest BCUT2D eigenvalue weighted by molar-refractivity contribution is 0.276. The van der Waals surface area contributed by atoms with Crippen molar-refractivity contribution in [2.75, 3.05) is 31.1 Å². The molecule has 1 aromatic heterocycles. The number of piperazine rings is 1. The Labute approximate surface area is 166 Å². The molecule has 4 rings (SSSR count). The number of nitrogens with zero attached hydrogens (tertiary/aromatic N) is 2. The number of rotatable bonds is 4. The van der Waals surface area contributed by atoms with Crippen molar-refractivity contribution in [2.24, 2.45) is 0 Å². The number of aliphatic hydroxyl groups excluding tert-OH is 2. The first-order valence-corrected chi connectivity index (χ1v) is 9.51. The van der Waals surface area contributed by atoms with Gasteiger partial charge in [0, 0.05) is 42.5 Å². The Kier molecular flexibility index (Phi) is 5.32. The van der Waals surface area contributed by atoms with Gasteiger partial charge in [-0.25, -0.2) is 4.98 Å². The maximum Gasteiger partial charge on any atom is 0.259 e. The summed E-state index contributed by atoms with van der Waals surface area (Å²) in [4.78, 5) is 22.3. The fourth-order valence-corrected chi connectivity index (χ4v) is 3.82. The van der Waals surface area contributed by atoms with Crippen LogP contribution >= 0.6 is 11.6 Å². The summed E-state index contributed by atoms with van der Waals surface area (Å²) in [6.45, 7) is 3.06. The van der Waals surface area contributed by atoms with E-state index in [9.17, 15) is 15.0 Å². The minimum Gasteiger partial charge on any atom is -0.392 e. The molecule has 0 unspecified atom stereocenters. The number of aliphatic hydroxyl groups is 2. The van der Waals surface area contributed by atoms with Crippen LogP contribution < -0.4 is 15.8 Å². The van der Waals surface area contributed by atoms with E-state index in [1.807, 2.05) is 12.1 Å². The predicted molar refractivity (Wildman–Crippen MR) is 110 cm³/mol. The number of nitrogens with one attached hydrogen (secondary N) is 2. The maximum absolute atomic E-state index is 12.7. The van der Waals surface area contributed by atoms with Crippen LogP contribution in [0.2, 0.25) is 5.02 Å². The molecule has 0 aliphatic carbocycles. The second-order valence-electron chi connectivity index (χ2n) is 6.81. The van der Waals surface area contributed by atoms with E-state index in [0.29, 0.717) is 38.4 Å². The molecule has 0 saturated carbocycles. The highest BCUT2D eigenvalue weighted by molar-refractivity contribution is 6.31. The highest BCUT2D eigenvalue weighted by Gasteiger charge is 2.15. The number of anilines is 1. The molecule has 0 atom stereocenters. The molecule has 2 aromatic carbocycles. The molecule has 146 valence electrons. The van der Waals surface area contributed by atoms with Gasteiger partial charge < -0.3 is 25.4 Å². The van der Waals surface area contributed by atoms with Gasteiger partial charge in [-0.2, -0.15) is 0 Å². The minimum atomic E-state index is -0.336.